The van der Waals surface area contributed by atoms with Crippen molar-refractivity contribution in [1.82, 2.24) is 0 Å². The minimum Gasteiger partial charge on any atom is -0.329 e. The summed E-state index contributed by atoms with van der Waals surface area (Å²) in [5.74, 6) is 4.89. The summed E-state index contributed by atoms with van der Waals surface area (Å²) in [5.41, 5.74) is 7.68. The Labute approximate surface area is 210 Å². The molecule has 0 heterocycles. The molecule has 0 radical (unpaired) electrons. The number of rotatable bonds is 9. The fraction of sp³-hybridized carbons (Fsp3) is 0.931. The molecule has 2 N–H and O–H groups in total. The van der Waals surface area contributed by atoms with Crippen LogP contribution in [-0.2, 0) is 14.3 Å². The summed E-state index contributed by atoms with van der Waals surface area (Å²) in [5, 5.41) is 0. The lowest BCUT2D eigenvalue weighted by Crippen LogP contribution is -2.51. The van der Waals surface area contributed by atoms with Crippen molar-refractivity contribution in [1.29, 1.82) is 0 Å². The number of allylic oxidation sites excluding steroid dienone is 1. The van der Waals surface area contributed by atoms with Crippen molar-refractivity contribution in [3.8, 4) is 0 Å². The second-order valence-electron chi connectivity index (χ2n) is 13.3. The fourth-order valence-corrected chi connectivity index (χ4v) is 10.1. The van der Waals surface area contributed by atoms with Crippen LogP contribution in [0.1, 0.15) is 105 Å². The van der Waals surface area contributed by atoms with Crippen LogP contribution in [0, 0.1) is 46.3 Å². The van der Waals surface area contributed by atoms with Crippen LogP contribution in [0.15, 0.2) is 11.6 Å². The normalized spacial score (nSPS) is 40.9. The van der Waals surface area contributed by atoms with Crippen molar-refractivity contribution >= 4 is 10.1 Å². The average Bonchev–Trinajstić information content (AvgIpc) is 3.10. The standard InChI is InChI=1S/C29H51NO3S/c1-20(2)7-6-8-21(3)25-11-12-26-24-10-9-22-19-23(33-34(31,32)18-17-30)13-15-28(22,4)27(24)14-16-29(25,26)5/h9,20-21,23-27H,6-8,10-19,30H2,1-5H3/t21-,23+,24+,25-,26+,27+,28+,29-/m1/s1. The van der Waals surface area contributed by atoms with E-state index in [0.717, 1.165) is 54.8 Å². The van der Waals surface area contributed by atoms with Crippen molar-refractivity contribution in [2.24, 2.45) is 52.1 Å². The van der Waals surface area contributed by atoms with Gasteiger partial charge in [-0.05, 0) is 97.7 Å². The summed E-state index contributed by atoms with van der Waals surface area (Å²) in [6.45, 7) is 12.5. The quantitative estimate of drug-likeness (QED) is 0.286. The van der Waals surface area contributed by atoms with E-state index in [1.54, 1.807) is 0 Å². The molecule has 0 aromatic carbocycles. The van der Waals surface area contributed by atoms with Crippen molar-refractivity contribution in [2.75, 3.05) is 12.3 Å². The molecular formula is C29H51NO3S. The fourth-order valence-electron chi connectivity index (χ4n) is 9.13. The van der Waals surface area contributed by atoms with Gasteiger partial charge in [-0.2, -0.15) is 8.42 Å². The summed E-state index contributed by atoms with van der Waals surface area (Å²) in [6.07, 6.45) is 15.9. The van der Waals surface area contributed by atoms with E-state index >= 15 is 0 Å². The maximum Gasteiger partial charge on any atom is 0.268 e. The van der Waals surface area contributed by atoms with E-state index in [2.05, 4.69) is 40.7 Å². The zero-order valence-corrected chi connectivity index (χ0v) is 23.3. The van der Waals surface area contributed by atoms with Gasteiger partial charge in [0, 0.05) is 6.54 Å². The molecule has 34 heavy (non-hydrogen) atoms. The minimum absolute atomic E-state index is 0.0815. The lowest BCUT2D eigenvalue weighted by molar-refractivity contribution is -0.0556. The number of fused-ring (bicyclic) bond motifs is 5. The molecule has 0 bridgehead atoms. The van der Waals surface area contributed by atoms with Crippen LogP contribution in [0.5, 0.6) is 0 Å². The third-order valence-electron chi connectivity index (χ3n) is 10.9. The summed E-state index contributed by atoms with van der Waals surface area (Å²) in [6, 6.07) is 0. The van der Waals surface area contributed by atoms with Crippen LogP contribution in [0.3, 0.4) is 0 Å². The van der Waals surface area contributed by atoms with Crippen LogP contribution >= 0.6 is 0 Å². The van der Waals surface area contributed by atoms with Crippen LogP contribution in [0.2, 0.25) is 0 Å². The first-order valence-corrected chi connectivity index (χ1v) is 15.9. The average molecular weight is 494 g/mol. The third-order valence-corrected chi connectivity index (χ3v) is 12.2. The Morgan fingerprint density at radius 3 is 2.53 bits per heavy atom. The molecule has 0 spiro atoms. The van der Waals surface area contributed by atoms with E-state index in [9.17, 15) is 8.42 Å². The summed E-state index contributed by atoms with van der Waals surface area (Å²) in [7, 11) is -3.51. The smallest absolute Gasteiger partial charge is 0.268 e. The van der Waals surface area contributed by atoms with Crippen molar-refractivity contribution in [2.45, 2.75) is 111 Å². The summed E-state index contributed by atoms with van der Waals surface area (Å²) >= 11 is 0. The molecule has 3 saturated carbocycles. The van der Waals surface area contributed by atoms with Gasteiger partial charge in [-0.1, -0.05) is 65.5 Å². The first-order chi connectivity index (χ1) is 16.0. The second-order valence-corrected chi connectivity index (χ2v) is 15.0. The lowest BCUT2D eigenvalue weighted by atomic mass is 9.47. The highest BCUT2D eigenvalue weighted by Crippen LogP contribution is 2.67. The van der Waals surface area contributed by atoms with E-state index < -0.39 is 10.1 Å². The predicted octanol–water partition coefficient (Wildman–Crippen LogP) is 6.70. The zero-order chi connectivity index (χ0) is 24.7. The maximum atomic E-state index is 12.2. The second kappa shape index (κ2) is 10.2. The number of hydrogen-bond acceptors (Lipinski definition) is 4. The van der Waals surface area contributed by atoms with Gasteiger partial charge in [0.1, 0.15) is 0 Å². The van der Waals surface area contributed by atoms with Crippen molar-refractivity contribution in [3.63, 3.8) is 0 Å². The molecule has 4 aliphatic carbocycles. The van der Waals surface area contributed by atoms with Gasteiger partial charge < -0.3 is 5.73 Å². The van der Waals surface area contributed by atoms with Gasteiger partial charge in [0.15, 0.2) is 0 Å². The van der Waals surface area contributed by atoms with Gasteiger partial charge in [0.25, 0.3) is 10.1 Å². The van der Waals surface area contributed by atoms with Gasteiger partial charge in [0.2, 0.25) is 0 Å². The molecule has 0 aliphatic heterocycles. The Bertz CT molecular complexity index is 851. The van der Waals surface area contributed by atoms with Crippen LogP contribution in [0.25, 0.3) is 0 Å². The molecule has 5 heteroatoms. The molecule has 4 aliphatic rings. The third kappa shape index (κ3) is 5.05. The Kier molecular flexibility index (Phi) is 7.97. The van der Waals surface area contributed by atoms with Gasteiger partial charge >= 0.3 is 0 Å². The first-order valence-electron chi connectivity index (χ1n) is 14.3. The van der Waals surface area contributed by atoms with E-state index in [1.807, 2.05) is 0 Å². The lowest BCUT2D eigenvalue weighted by Gasteiger charge is -2.58. The SMILES string of the molecule is CC(C)CCC[C@@H](C)[C@H]1CC[C@H]2[C@@H]3CC=C4C[C@@H](OS(=O)(=O)CCN)CC[C@]4(C)[C@H]3CC[C@]12C. The monoisotopic (exact) mass is 493 g/mol. The van der Waals surface area contributed by atoms with E-state index in [0.29, 0.717) is 5.41 Å². The molecule has 4 nitrogen and oxygen atoms in total. The molecule has 8 atom stereocenters. The highest BCUT2D eigenvalue weighted by atomic mass is 32.2. The molecule has 0 saturated heterocycles. The Morgan fingerprint density at radius 2 is 1.82 bits per heavy atom. The molecule has 0 aromatic heterocycles. The molecule has 4 rings (SSSR count). The topological polar surface area (TPSA) is 69.4 Å². The van der Waals surface area contributed by atoms with Crippen molar-refractivity contribution in [3.05, 3.63) is 11.6 Å². The summed E-state index contributed by atoms with van der Waals surface area (Å²) in [4.78, 5) is 0. The molecule has 0 unspecified atom stereocenters. The van der Waals surface area contributed by atoms with Gasteiger partial charge in [-0.15, -0.1) is 0 Å². The van der Waals surface area contributed by atoms with Crippen LogP contribution in [-0.4, -0.2) is 26.8 Å². The van der Waals surface area contributed by atoms with E-state index in [4.69, 9.17) is 9.92 Å². The maximum absolute atomic E-state index is 12.2. The Morgan fingerprint density at radius 1 is 1.06 bits per heavy atom. The zero-order valence-electron chi connectivity index (χ0n) is 22.5. The number of nitrogens with two attached hydrogens (primary N) is 1. The minimum atomic E-state index is -3.51. The number of hydrogen-bond donors (Lipinski definition) is 1. The van der Waals surface area contributed by atoms with E-state index in [-0.39, 0.29) is 23.8 Å². The molecule has 196 valence electrons. The van der Waals surface area contributed by atoms with Crippen LogP contribution in [0.4, 0.5) is 0 Å². The van der Waals surface area contributed by atoms with Gasteiger partial charge in [-0.3, -0.25) is 4.18 Å². The Balaban J connectivity index is 1.45. The summed E-state index contributed by atoms with van der Waals surface area (Å²) < 4.78 is 30.0. The largest absolute Gasteiger partial charge is 0.329 e. The highest BCUT2D eigenvalue weighted by Gasteiger charge is 2.59. The van der Waals surface area contributed by atoms with Gasteiger partial charge in [-0.25, -0.2) is 0 Å². The van der Waals surface area contributed by atoms with Gasteiger partial charge in [0.05, 0.1) is 11.9 Å². The molecule has 0 aromatic rings. The first kappa shape index (κ1) is 26.7. The predicted molar refractivity (Wildman–Crippen MR) is 141 cm³/mol. The molecule has 3 fully saturated rings. The van der Waals surface area contributed by atoms with Crippen molar-refractivity contribution < 1.29 is 12.6 Å². The highest BCUT2D eigenvalue weighted by molar-refractivity contribution is 7.86. The molecule has 0 amide bonds. The Hall–Kier alpha value is -0.390. The van der Waals surface area contributed by atoms with Crippen LogP contribution < -0.4 is 5.73 Å². The van der Waals surface area contributed by atoms with E-state index in [1.165, 1.54) is 56.9 Å². The molecular weight excluding hydrogens is 442 g/mol.